The maximum Gasteiger partial charge on any atom is 0.305 e. The van der Waals surface area contributed by atoms with Gasteiger partial charge in [0.15, 0.2) is 0 Å². The van der Waals surface area contributed by atoms with E-state index < -0.39 is 0 Å². The number of carbonyl (C=O) groups is 1. The number of ether oxygens (including phenoxy) is 1. The number of allylic oxidation sites excluding steroid dienone is 1. The van der Waals surface area contributed by atoms with Gasteiger partial charge in [-0.2, -0.15) is 0 Å². The molecule has 2 nitrogen and oxygen atoms in total. The van der Waals surface area contributed by atoms with E-state index in [9.17, 15) is 4.79 Å². The monoisotopic (exact) mass is 184 g/mol. The number of carbonyl (C=O) groups excluding carboxylic acids is 1. The molecule has 0 aliphatic carbocycles. The fourth-order valence-corrected chi connectivity index (χ4v) is 1.14. The molecule has 76 valence electrons. The molecule has 0 bridgehead atoms. The van der Waals surface area contributed by atoms with Crippen LogP contribution in [0.4, 0.5) is 0 Å². The van der Waals surface area contributed by atoms with Crippen LogP contribution in [0.15, 0.2) is 12.2 Å². The summed E-state index contributed by atoms with van der Waals surface area (Å²) in [5.74, 6) is -0.122. The molecule has 0 aromatic carbocycles. The Morgan fingerprint density at radius 1 is 1.23 bits per heavy atom. The largest absolute Gasteiger partial charge is 0.469 e. The number of unbranched alkanes of at least 4 members (excludes halogenated alkanes) is 1. The van der Waals surface area contributed by atoms with E-state index >= 15 is 0 Å². The van der Waals surface area contributed by atoms with Gasteiger partial charge in [-0.15, -0.1) is 0 Å². The predicted octanol–water partition coefficient (Wildman–Crippen LogP) is 3.08. The molecular formula is C11H20O2. The van der Waals surface area contributed by atoms with Crippen molar-refractivity contribution >= 4 is 5.97 Å². The van der Waals surface area contributed by atoms with Gasteiger partial charge in [-0.25, -0.2) is 0 Å². The lowest BCUT2D eigenvalue weighted by Gasteiger charge is -2.03. The molecule has 0 heterocycles. The summed E-state index contributed by atoms with van der Waals surface area (Å²) in [6, 6.07) is 0. The average Bonchev–Trinajstić information content (AvgIpc) is 2.14. The molecule has 0 aliphatic heterocycles. The third-order valence-corrected chi connectivity index (χ3v) is 2.02. The van der Waals surface area contributed by atoms with E-state index in [4.69, 9.17) is 0 Å². The highest BCUT2D eigenvalue weighted by molar-refractivity contribution is 5.69. The second-order valence-electron chi connectivity index (χ2n) is 3.28. The summed E-state index contributed by atoms with van der Waals surface area (Å²) >= 11 is 0. The molecule has 0 saturated heterocycles. The van der Waals surface area contributed by atoms with Crippen LogP contribution in [-0.2, 0) is 9.53 Å². The smallest absolute Gasteiger partial charge is 0.305 e. The Labute approximate surface area is 81.0 Å². The zero-order valence-electron chi connectivity index (χ0n) is 8.77. The molecule has 0 rings (SSSR count). The Bertz CT molecular complexity index is 161. The van der Waals surface area contributed by atoms with E-state index in [-0.39, 0.29) is 5.97 Å². The molecule has 0 aliphatic rings. The van der Waals surface area contributed by atoms with Gasteiger partial charge in [-0.05, 0) is 25.7 Å². The quantitative estimate of drug-likeness (QED) is 0.449. The summed E-state index contributed by atoms with van der Waals surface area (Å²) < 4.78 is 4.54. The molecule has 0 spiro atoms. The van der Waals surface area contributed by atoms with E-state index in [0.717, 1.165) is 19.3 Å². The standard InChI is InChI=1S/C11H20O2/c1-4-5-7-10(2)8-6-9-11(12)13-3/h2,4-9H2,1,3H3. The van der Waals surface area contributed by atoms with E-state index in [1.165, 1.54) is 25.5 Å². The molecule has 0 atom stereocenters. The maximum absolute atomic E-state index is 10.8. The third-order valence-electron chi connectivity index (χ3n) is 2.02. The fraction of sp³-hybridized carbons (Fsp3) is 0.727. The Hall–Kier alpha value is -0.790. The van der Waals surface area contributed by atoms with E-state index in [1.807, 2.05) is 0 Å². The molecule has 0 unspecified atom stereocenters. The van der Waals surface area contributed by atoms with Crippen molar-refractivity contribution < 1.29 is 9.53 Å². The molecule has 0 N–H and O–H groups in total. The Kier molecular flexibility index (Phi) is 7.36. The summed E-state index contributed by atoms with van der Waals surface area (Å²) in [5.41, 5.74) is 1.26. The van der Waals surface area contributed by atoms with Crippen LogP contribution < -0.4 is 0 Å². The minimum absolute atomic E-state index is 0.122. The number of esters is 1. The summed E-state index contributed by atoms with van der Waals surface area (Å²) in [6.07, 6.45) is 5.84. The minimum Gasteiger partial charge on any atom is -0.469 e. The topological polar surface area (TPSA) is 26.3 Å². The van der Waals surface area contributed by atoms with Crippen LogP contribution in [-0.4, -0.2) is 13.1 Å². The minimum atomic E-state index is -0.122. The number of hydrogen-bond acceptors (Lipinski definition) is 2. The first-order chi connectivity index (χ1) is 6.20. The summed E-state index contributed by atoms with van der Waals surface area (Å²) in [5, 5.41) is 0. The zero-order chi connectivity index (χ0) is 10.1. The first kappa shape index (κ1) is 12.2. The molecule has 0 amide bonds. The van der Waals surface area contributed by atoms with Crippen LogP contribution in [0.1, 0.15) is 45.4 Å². The second kappa shape index (κ2) is 7.84. The van der Waals surface area contributed by atoms with Crippen molar-refractivity contribution in [2.45, 2.75) is 45.4 Å². The van der Waals surface area contributed by atoms with Gasteiger partial charge in [0, 0.05) is 6.42 Å². The fourth-order valence-electron chi connectivity index (χ4n) is 1.14. The van der Waals surface area contributed by atoms with Crippen molar-refractivity contribution in [2.24, 2.45) is 0 Å². The van der Waals surface area contributed by atoms with Crippen LogP contribution >= 0.6 is 0 Å². The van der Waals surface area contributed by atoms with Crippen molar-refractivity contribution in [1.82, 2.24) is 0 Å². The number of hydrogen-bond donors (Lipinski definition) is 0. The van der Waals surface area contributed by atoms with Gasteiger partial charge in [0.05, 0.1) is 7.11 Å². The van der Waals surface area contributed by atoms with Gasteiger partial charge in [0.25, 0.3) is 0 Å². The Balaban J connectivity index is 3.31. The normalized spacial score (nSPS) is 9.69. The van der Waals surface area contributed by atoms with Crippen LogP contribution in [0.3, 0.4) is 0 Å². The number of rotatable bonds is 7. The summed E-state index contributed by atoms with van der Waals surface area (Å²) in [4.78, 5) is 10.8. The van der Waals surface area contributed by atoms with Crippen molar-refractivity contribution in [1.29, 1.82) is 0 Å². The molecule has 13 heavy (non-hydrogen) atoms. The van der Waals surface area contributed by atoms with Crippen LogP contribution in [0.2, 0.25) is 0 Å². The zero-order valence-corrected chi connectivity index (χ0v) is 8.77. The van der Waals surface area contributed by atoms with Gasteiger partial charge in [-0.1, -0.05) is 25.5 Å². The molecule has 0 radical (unpaired) electrons. The van der Waals surface area contributed by atoms with Crippen molar-refractivity contribution in [3.63, 3.8) is 0 Å². The predicted molar refractivity (Wildman–Crippen MR) is 54.5 cm³/mol. The highest BCUT2D eigenvalue weighted by atomic mass is 16.5. The molecule has 0 aromatic heterocycles. The van der Waals surface area contributed by atoms with E-state index in [0.29, 0.717) is 6.42 Å². The average molecular weight is 184 g/mol. The molecular weight excluding hydrogens is 164 g/mol. The Morgan fingerprint density at radius 2 is 1.85 bits per heavy atom. The van der Waals surface area contributed by atoms with Gasteiger partial charge >= 0.3 is 5.97 Å². The van der Waals surface area contributed by atoms with Gasteiger partial charge < -0.3 is 4.74 Å². The SMILES string of the molecule is C=C(CCCC)CCCC(=O)OC. The maximum atomic E-state index is 10.8. The molecule has 2 heteroatoms. The van der Waals surface area contributed by atoms with Gasteiger partial charge in [-0.3, -0.25) is 4.79 Å². The molecule has 0 aromatic rings. The van der Waals surface area contributed by atoms with Crippen LogP contribution in [0.25, 0.3) is 0 Å². The second-order valence-corrected chi connectivity index (χ2v) is 3.28. The lowest BCUT2D eigenvalue weighted by atomic mass is 10.0. The van der Waals surface area contributed by atoms with E-state index in [1.54, 1.807) is 0 Å². The third kappa shape index (κ3) is 7.57. The summed E-state index contributed by atoms with van der Waals surface area (Å²) in [6.45, 7) is 6.13. The summed E-state index contributed by atoms with van der Waals surface area (Å²) in [7, 11) is 1.42. The first-order valence-corrected chi connectivity index (χ1v) is 4.94. The molecule has 0 saturated carbocycles. The van der Waals surface area contributed by atoms with E-state index in [2.05, 4.69) is 18.2 Å². The lowest BCUT2D eigenvalue weighted by molar-refractivity contribution is -0.140. The van der Waals surface area contributed by atoms with Crippen molar-refractivity contribution in [2.75, 3.05) is 7.11 Å². The van der Waals surface area contributed by atoms with Gasteiger partial charge in [0.2, 0.25) is 0 Å². The first-order valence-electron chi connectivity index (χ1n) is 4.94. The van der Waals surface area contributed by atoms with Gasteiger partial charge in [0.1, 0.15) is 0 Å². The lowest BCUT2D eigenvalue weighted by Crippen LogP contribution is -1.99. The highest BCUT2D eigenvalue weighted by Gasteiger charge is 2.00. The Morgan fingerprint density at radius 3 is 2.38 bits per heavy atom. The van der Waals surface area contributed by atoms with Crippen molar-refractivity contribution in [3.05, 3.63) is 12.2 Å². The molecule has 0 fully saturated rings. The number of methoxy groups -OCH3 is 1. The van der Waals surface area contributed by atoms with Crippen LogP contribution in [0, 0.1) is 0 Å². The highest BCUT2D eigenvalue weighted by Crippen LogP contribution is 2.12. The van der Waals surface area contributed by atoms with Crippen molar-refractivity contribution in [3.8, 4) is 0 Å². The van der Waals surface area contributed by atoms with Crippen LogP contribution in [0.5, 0.6) is 0 Å².